The van der Waals surface area contributed by atoms with Crippen LogP contribution in [0.2, 0.25) is 5.02 Å². The molecule has 0 aliphatic heterocycles. The zero-order valence-corrected chi connectivity index (χ0v) is 8.83. The van der Waals surface area contributed by atoms with E-state index in [2.05, 4.69) is 9.97 Å². The predicted octanol–water partition coefficient (Wildman–Crippen LogP) is 2.85. The minimum Gasteiger partial charge on any atom is -0.243 e. The van der Waals surface area contributed by atoms with Gasteiger partial charge in [0.25, 0.3) is 0 Å². The molecule has 0 aliphatic rings. The number of hydrogen-bond donors (Lipinski definition) is 0. The van der Waals surface area contributed by atoms with Crippen molar-refractivity contribution in [3.8, 4) is 0 Å². The Balaban J connectivity index is 2.69. The Kier molecular flexibility index (Phi) is 4.12. The van der Waals surface area contributed by atoms with Crippen LogP contribution in [0, 0.1) is 0 Å². The Hall–Kier alpha value is 0.01000. The van der Waals surface area contributed by atoms with E-state index in [1.165, 1.54) is 6.33 Å². The van der Waals surface area contributed by atoms with E-state index in [4.69, 9.17) is 23.2 Å². The van der Waals surface area contributed by atoms with Gasteiger partial charge in [0.15, 0.2) is 0 Å². The van der Waals surface area contributed by atoms with Gasteiger partial charge in [0.05, 0.1) is 11.2 Å². The first-order chi connectivity index (χ1) is 5.74. The quantitative estimate of drug-likeness (QED) is 0.447. The molecule has 1 aromatic heterocycles. The lowest BCUT2D eigenvalue weighted by molar-refractivity contribution is 1.03. The van der Waals surface area contributed by atoms with Crippen molar-refractivity contribution in [2.45, 2.75) is 17.2 Å². The lowest BCUT2D eigenvalue weighted by Crippen LogP contribution is -1.98. The molecule has 0 aromatic carbocycles. The van der Waals surface area contributed by atoms with Crippen LogP contribution in [0.25, 0.3) is 0 Å². The Morgan fingerprint density at radius 3 is 3.00 bits per heavy atom. The first-order valence-electron chi connectivity index (χ1n) is 3.42. The molecular formula is C7H8Cl2N2S. The molecule has 1 heterocycles. The van der Waals surface area contributed by atoms with E-state index >= 15 is 0 Å². The van der Waals surface area contributed by atoms with Gasteiger partial charge in [-0.1, -0.05) is 18.5 Å². The monoisotopic (exact) mass is 222 g/mol. The largest absolute Gasteiger partial charge is 0.243 e. The topological polar surface area (TPSA) is 25.8 Å². The van der Waals surface area contributed by atoms with E-state index in [0.717, 1.165) is 5.03 Å². The van der Waals surface area contributed by atoms with E-state index in [1.807, 2.05) is 6.92 Å². The molecule has 0 amide bonds. The summed E-state index contributed by atoms with van der Waals surface area (Å²) in [6.45, 7) is 2.02. The van der Waals surface area contributed by atoms with Gasteiger partial charge in [0, 0.05) is 11.1 Å². The van der Waals surface area contributed by atoms with Crippen molar-refractivity contribution in [1.82, 2.24) is 9.97 Å². The average molecular weight is 223 g/mol. The van der Waals surface area contributed by atoms with Crippen LogP contribution < -0.4 is 0 Å². The number of hydrogen-bond acceptors (Lipinski definition) is 3. The van der Waals surface area contributed by atoms with Gasteiger partial charge in [-0.3, -0.25) is 0 Å². The Labute approximate surface area is 85.7 Å². The first-order valence-corrected chi connectivity index (χ1v) is 5.21. The molecule has 1 unspecified atom stereocenters. The molecule has 5 heteroatoms. The average Bonchev–Trinajstić information content (AvgIpc) is 2.09. The van der Waals surface area contributed by atoms with E-state index in [0.29, 0.717) is 16.2 Å². The van der Waals surface area contributed by atoms with Gasteiger partial charge in [0.1, 0.15) is 11.4 Å². The fourth-order valence-electron chi connectivity index (χ4n) is 0.610. The summed E-state index contributed by atoms with van der Waals surface area (Å²) in [7, 11) is 0. The third-order valence-corrected chi connectivity index (χ3v) is 3.32. The molecular weight excluding hydrogens is 215 g/mol. The van der Waals surface area contributed by atoms with E-state index in [-0.39, 0.29) is 0 Å². The van der Waals surface area contributed by atoms with Gasteiger partial charge in [0.2, 0.25) is 0 Å². The molecule has 1 aromatic rings. The highest BCUT2D eigenvalue weighted by atomic mass is 35.5. The number of aromatic nitrogens is 2. The van der Waals surface area contributed by atoms with Crippen molar-refractivity contribution in [3.63, 3.8) is 0 Å². The molecule has 0 N–H and O–H groups in total. The van der Waals surface area contributed by atoms with Crippen LogP contribution >= 0.6 is 35.0 Å². The van der Waals surface area contributed by atoms with Crippen molar-refractivity contribution in [3.05, 3.63) is 17.5 Å². The Bertz CT molecular complexity index is 257. The number of thioether (sulfide) groups is 1. The van der Waals surface area contributed by atoms with Crippen molar-refractivity contribution in [1.29, 1.82) is 0 Å². The second-order valence-electron chi connectivity index (χ2n) is 2.26. The Morgan fingerprint density at radius 2 is 2.42 bits per heavy atom. The first kappa shape index (κ1) is 10.1. The maximum atomic E-state index is 5.84. The molecule has 0 bridgehead atoms. The number of alkyl halides is 1. The fourth-order valence-corrected chi connectivity index (χ4v) is 1.76. The van der Waals surface area contributed by atoms with Crippen LogP contribution in [-0.2, 0) is 0 Å². The van der Waals surface area contributed by atoms with E-state index < -0.39 is 0 Å². The van der Waals surface area contributed by atoms with Crippen LogP contribution in [0.4, 0.5) is 0 Å². The fraction of sp³-hybridized carbons (Fsp3) is 0.429. The second kappa shape index (κ2) is 4.90. The summed E-state index contributed by atoms with van der Waals surface area (Å²) < 4.78 is 0. The summed E-state index contributed by atoms with van der Waals surface area (Å²) >= 11 is 13.0. The third-order valence-electron chi connectivity index (χ3n) is 1.16. The molecule has 0 radical (unpaired) electrons. The molecule has 12 heavy (non-hydrogen) atoms. The highest BCUT2D eigenvalue weighted by Crippen LogP contribution is 2.27. The molecule has 66 valence electrons. The molecule has 0 spiro atoms. The maximum absolute atomic E-state index is 5.84. The SMILES string of the molecule is CC(CCl)Sc1ncncc1Cl. The lowest BCUT2D eigenvalue weighted by Gasteiger charge is -2.06. The highest BCUT2D eigenvalue weighted by molar-refractivity contribution is 8.00. The third kappa shape index (κ3) is 2.81. The molecule has 0 aliphatic carbocycles. The number of nitrogens with zero attached hydrogens (tertiary/aromatic N) is 2. The molecule has 1 atom stereocenters. The maximum Gasteiger partial charge on any atom is 0.118 e. The van der Waals surface area contributed by atoms with Crippen LogP contribution in [-0.4, -0.2) is 21.1 Å². The predicted molar refractivity (Wildman–Crippen MR) is 53.1 cm³/mol. The summed E-state index contributed by atoms with van der Waals surface area (Å²) in [5, 5.41) is 1.69. The van der Waals surface area contributed by atoms with Gasteiger partial charge in [-0.25, -0.2) is 9.97 Å². The summed E-state index contributed by atoms with van der Waals surface area (Å²) in [5.41, 5.74) is 0. The summed E-state index contributed by atoms with van der Waals surface area (Å²) in [5.74, 6) is 0.588. The van der Waals surface area contributed by atoms with Crippen LogP contribution in [0.5, 0.6) is 0 Å². The van der Waals surface area contributed by atoms with Crippen molar-refractivity contribution in [2.75, 3.05) is 5.88 Å². The zero-order chi connectivity index (χ0) is 8.97. The van der Waals surface area contributed by atoms with Gasteiger partial charge in [-0.2, -0.15) is 0 Å². The van der Waals surface area contributed by atoms with Crippen LogP contribution in [0.15, 0.2) is 17.6 Å². The van der Waals surface area contributed by atoms with Crippen molar-refractivity contribution in [2.24, 2.45) is 0 Å². The van der Waals surface area contributed by atoms with Gasteiger partial charge < -0.3 is 0 Å². The normalized spacial score (nSPS) is 12.9. The van der Waals surface area contributed by atoms with E-state index in [9.17, 15) is 0 Å². The molecule has 2 nitrogen and oxygen atoms in total. The summed E-state index contributed by atoms with van der Waals surface area (Å²) in [4.78, 5) is 7.82. The summed E-state index contributed by atoms with van der Waals surface area (Å²) in [6.07, 6.45) is 3.06. The van der Waals surface area contributed by atoms with Crippen molar-refractivity contribution < 1.29 is 0 Å². The van der Waals surface area contributed by atoms with Crippen LogP contribution in [0.1, 0.15) is 6.92 Å². The minimum absolute atomic E-state index is 0.319. The molecule has 0 saturated carbocycles. The van der Waals surface area contributed by atoms with Crippen molar-refractivity contribution >= 4 is 35.0 Å². The van der Waals surface area contributed by atoms with Gasteiger partial charge in [-0.05, 0) is 0 Å². The smallest absolute Gasteiger partial charge is 0.118 e. The highest BCUT2D eigenvalue weighted by Gasteiger charge is 2.06. The second-order valence-corrected chi connectivity index (χ2v) is 4.40. The molecule has 0 fully saturated rings. The lowest BCUT2D eigenvalue weighted by atomic mass is 10.6. The Morgan fingerprint density at radius 1 is 1.67 bits per heavy atom. The minimum atomic E-state index is 0.319. The zero-order valence-electron chi connectivity index (χ0n) is 6.50. The van der Waals surface area contributed by atoms with Crippen LogP contribution in [0.3, 0.4) is 0 Å². The van der Waals surface area contributed by atoms with E-state index in [1.54, 1.807) is 18.0 Å². The number of rotatable bonds is 3. The number of halogens is 2. The standard InChI is InChI=1S/C7H8Cl2N2S/c1-5(2-8)12-7-6(9)3-10-4-11-7/h3-5H,2H2,1H3. The van der Waals surface area contributed by atoms with Gasteiger partial charge >= 0.3 is 0 Å². The van der Waals surface area contributed by atoms with Gasteiger partial charge in [-0.15, -0.1) is 23.4 Å². The summed E-state index contributed by atoms with van der Waals surface area (Å²) in [6, 6.07) is 0. The molecule has 0 saturated heterocycles. The molecule has 1 rings (SSSR count).